The molecule has 25 heavy (non-hydrogen) atoms. The van der Waals surface area contributed by atoms with Crippen LogP contribution in [0.1, 0.15) is 31.8 Å². The molecule has 0 aliphatic heterocycles. The number of hydrogen-bond donors (Lipinski definition) is 1. The van der Waals surface area contributed by atoms with Gasteiger partial charge >= 0.3 is 5.82 Å². The van der Waals surface area contributed by atoms with Crippen LogP contribution in [0.4, 0.5) is 5.82 Å². The molecule has 0 spiro atoms. The summed E-state index contributed by atoms with van der Waals surface area (Å²) in [4.78, 5) is 12.7. The molecule has 0 saturated heterocycles. The SMILES string of the molecule is CCN(CC)CCCn1c(CCn2nc([N+](=O)[O-])cc2C)n[nH]c1=S. The molecule has 0 unspecified atom stereocenters. The molecule has 0 atom stereocenters. The van der Waals surface area contributed by atoms with Crippen LogP contribution in [-0.2, 0) is 19.5 Å². The maximum atomic E-state index is 10.8. The molecule has 0 aromatic carbocycles. The van der Waals surface area contributed by atoms with Gasteiger partial charge < -0.3 is 19.6 Å². The predicted octanol–water partition coefficient (Wildman–Crippen LogP) is 2.33. The van der Waals surface area contributed by atoms with Gasteiger partial charge in [0.05, 0.1) is 23.4 Å². The lowest BCUT2D eigenvalue weighted by Gasteiger charge is -2.18. The average molecular weight is 367 g/mol. The molecule has 2 aromatic heterocycles. The van der Waals surface area contributed by atoms with Gasteiger partial charge in [0.15, 0.2) is 4.77 Å². The van der Waals surface area contributed by atoms with E-state index >= 15 is 0 Å². The summed E-state index contributed by atoms with van der Waals surface area (Å²) in [6, 6.07) is 1.47. The van der Waals surface area contributed by atoms with E-state index in [0.29, 0.717) is 17.7 Å². The van der Waals surface area contributed by atoms with Gasteiger partial charge in [0.2, 0.25) is 0 Å². The highest BCUT2D eigenvalue weighted by Gasteiger charge is 2.16. The fourth-order valence-corrected chi connectivity index (χ4v) is 3.02. The van der Waals surface area contributed by atoms with Gasteiger partial charge in [-0.15, -0.1) is 0 Å². The molecular weight excluding hydrogens is 342 g/mol. The summed E-state index contributed by atoms with van der Waals surface area (Å²) in [5.41, 5.74) is 0.758. The van der Waals surface area contributed by atoms with Gasteiger partial charge in [0.1, 0.15) is 5.82 Å². The van der Waals surface area contributed by atoms with Crippen molar-refractivity contribution in [1.29, 1.82) is 0 Å². The van der Waals surface area contributed by atoms with Gasteiger partial charge in [-0.05, 0) is 50.1 Å². The first-order chi connectivity index (χ1) is 12.0. The molecule has 0 aliphatic rings. The fourth-order valence-electron chi connectivity index (χ4n) is 2.78. The first-order valence-electron chi connectivity index (χ1n) is 8.51. The summed E-state index contributed by atoms with van der Waals surface area (Å²) >= 11 is 5.32. The second-order valence-electron chi connectivity index (χ2n) is 5.85. The first kappa shape index (κ1) is 19.3. The Balaban J connectivity index is 1.99. The number of aromatic amines is 1. The lowest BCUT2D eigenvalue weighted by molar-refractivity contribution is -0.389. The van der Waals surface area contributed by atoms with Gasteiger partial charge in [0, 0.05) is 13.0 Å². The Bertz CT molecular complexity index is 760. The number of aromatic nitrogens is 5. The van der Waals surface area contributed by atoms with E-state index in [9.17, 15) is 10.1 Å². The minimum absolute atomic E-state index is 0.129. The van der Waals surface area contributed by atoms with E-state index in [1.54, 1.807) is 11.6 Å². The largest absolute Gasteiger partial charge is 0.390 e. The third-order valence-corrected chi connectivity index (χ3v) is 4.60. The molecule has 10 heteroatoms. The normalized spacial score (nSPS) is 11.4. The van der Waals surface area contributed by atoms with Crippen LogP contribution >= 0.6 is 12.2 Å². The topological polar surface area (TPSA) is 97.8 Å². The van der Waals surface area contributed by atoms with Crippen LogP contribution in [0, 0.1) is 21.8 Å². The number of aryl methyl sites for hydroxylation is 3. The zero-order valence-corrected chi connectivity index (χ0v) is 15.8. The lowest BCUT2D eigenvalue weighted by Crippen LogP contribution is -2.25. The van der Waals surface area contributed by atoms with Crippen LogP contribution in [0.2, 0.25) is 0 Å². The number of rotatable bonds is 10. The zero-order valence-electron chi connectivity index (χ0n) is 14.9. The lowest BCUT2D eigenvalue weighted by atomic mass is 10.3. The molecule has 0 fully saturated rings. The van der Waals surface area contributed by atoms with Crippen molar-refractivity contribution in [3.8, 4) is 0 Å². The van der Waals surface area contributed by atoms with E-state index in [-0.39, 0.29) is 5.82 Å². The van der Waals surface area contributed by atoms with Gasteiger partial charge in [0.25, 0.3) is 0 Å². The van der Waals surface area contributed by atoms with Crippen molar-refractivity contribution in [2.75, 3.05) is 19.6 Å². The maximum Gasteiger partial charge on any atom is 0.390 e. The quantitative estimate of drug-likeness (QED) is 0.393. The van der Waals surface area contributed by atoms with Crippen molar-refractivity contribution < 1.29 is 4.92 Å². The molecule has 0 bridgehead atoms. The molecule has 2 aromatic rings. The Labute approximate surface area is 151 Å². The molecule has 9 nitrogen and oxygen atoms in total. The predicted molar refractivity (Wildman–Crippen MR) is 97.1 cm³/mol. The third kappa shape index (κ3) is 4.95. The van der Waals surface area contributed by atoms with E-state index in [0.717, 1.165) is 44.1 Å². The van der Waals surface area contributed by atoms with Crippen molar-refractivity contribution in [3.63, 3.8) is 0 Å². The van der Waals surface area contributed by atoms with Crippen molar-refractivity contribution in [1.82, 2.24) is 29.4 Å². The molecule has 138 valence electrons. The summed E-state index contributed by atoms with van der Waals surface area (Å²) in [5, 5.41) is 22.0. The molecule has 0 saturated carbocycles. The van der Waals surface area contributed by atoms with Crippen LogP contribution in [-0.4, -0.2) is 54.0 Å². The number of nitro groups is 1. The maximum absolute atomic E-state index is 10.8. The minimum atomic E-state index is -0.479. The molecule has 2 rings (SSSR count). The Morgan fingerprint density at radius 1 is 1.36 bits per heavy atom. The second kappa shape index (κ2) is 8.86. The summed E-state index contributed by atoms with van der Waals surface area (Å²) in [5.74, 6) is 0.720. The standard InChI is InChI=1S/C15H25N7O2S/c1-4-19(5-2)8-6-9-20-13(16-17-15(20)25)7-10-21-12(3)11-14(18-21)22(23)24/h11H,4-10H2,1-3H3,(H,17,25). The summed E-state index contributed by atoms with van der Waals surface area (Å²) < 4.78 is 4.25. The van der Waals surface area contributed by atoms with E-state index in [2.05, 4.69) is 34.0 Å². The highest BCUT2D eigenvalue weighted by Crippen LogP contribution is 2.12. The Morgan fingerprint density at radius 3 is 2.68 bits per heavy atom. The molecule has 1 N–H and O–H groups in total. The van der Waals surface area contributed by atoms with E-state index in [1.165, 1.54) is 6.07 Å². The average Bonchev–Trinajstić information content (AvgIpc) is 3.13. The van der Waals surface area contributed by atoms with Crippen LogP contribution in [0.25, 0.3) is 0 Å². The van der Waals surface area contributed by atoms with Crippen molar-refractivity contribution >= 4 is 18.0 Å². The Kier molecular flexibility index (Phi) is 6.82. The van der Waals surface area contributed by atoms with E-state index < -0.39 is 4.92 Å². The summed E-state index contributed by atoms with van der Waals surface area (Å²) in [6.45, 7) is 10.5. The molecule has 0 amide bonds. The zero-order chi connectivity index (χ0) is 18.4. The number of nitrogens with zero attached hydrogens (tertiary/aromatic N) is 6. The van der Waals surface area contributed by atoms with Gasteiger partial charge in [-0.3, -0.25) is 5.10 Å². The smallest absolute Gasteiger partial charge is 0.358 e. The Morgan fingerprint density at radius 2 is 2.08 bits per heavy atom. The first-order valence-corrected chi connectivity index (χ1v) is 8.92. The van der Waals surface area contributed by atoms with E-state index in [1.807, 2.05) is 4.57 Å². The third-order valence-electron chi connectivity index (χ3n) is 4.29. The number of H-pyrrole nitrogens is 1. The number of hydrogen-bond acceptors (Lipinski definition) is 6. The van der Waals surface area contributed by atoms with Crippen LogP contribution in [0.15, 0.2) is 6.07 Å². The van der Waals surface area contributed by atoms with Crippen LogP contribution in [0.3, 0.4) is 0 Å². The molecule has 2 heterocycles. The Hall–Kier alpha value is -2.07. The molecule has 0 radical (unpaired) electrons. The highest BCUT2D eigenvalue weighted by molar-refractivity contribution is 7.71. The summed E-state index contributed by atoms with van der Waals surface area (Å²) in [6.07, 6.45) is 1.60. The van der Waals surface area contributed by atoms with Gasteiger partial charge in [-0.1, -0.05) is 13.8 Å². The summed E-state index contributed by atoms with van der Waals surface area (Å²) in [7, 11) is 0. The highest BCUT2D eigenvalue weighted by atomic mass is 32.1. The van der Waals surface area contributed by atoms with Crippen LogP contribution < -0.4 is 0 Å². The minimum Gasteiger partial charge on any atom is -0.358 e. The molecular formula is C15H25N7O2S. The van der Waals surface area contributed by atoms with Crippen molar-refractivity contribution in [3.05, 3.63) is 32.5 Å². The van der Waals surface area contributed by atoms with E-state index in [4.69, 9.17) is 12.2 Å². The van der Waals surface area contributed by atoms with Crippen molar-refractivity contribution in [2.45, 2.75) is 46.7 Å². The van der Waals surface area contributed by atoms with Gasteiger partial charge in [-0.2, -0.15) is 9.78 Å². The van der Waals surface area contributed by atoms with Crippen molar-refractivity contribution in [2.24, 2.45) is 0 Å². The second-order valence-corrected chi connectivity index (χ2v) is 6.24. The monoisotopic (exact) mass is 367 g/mol. The number of nitrogens with one attached hydrogen (secondary N) is 1. The fraction of sp³-hybridized carbons (Fsp3) is 0.667. The van der Waals surface area contributed by atoms with Crippen LogP contribution in [0.5, 0.6) is 0 Å². The van der Waals surface area contributed by atoms with Gasteiger partial charge in [-0.25, -0.2) is 0 Å². The molecule has 0 aliphatic carbocycles.